The predicted octanol–water partition coefficient (Wildman–Crippen LogP) is 0.848. The van der Waals surface area contributed by atoms with Crippen LogP contribution in [0.15, 0.2) is 18.2 Å². The lowest BCUT2D eigenvalue weighted by Gasteiger charge is -2.06. The number of nitro benzene ring substituents is 1. The van der Waals surface area contributed by atoms with Gasteiger partial charge in [0.15, 0.2) is 0 Å². The summed E-state index contributed by atoms with van der Waals surface area (Å²) in [6.07, 6.45) is 0.217. The summed E-state index contributed by atoms with van der Waals surface area (Å²) in [5.41, 5.74) is -0.253. The number of rotatable bonds is 5. The predicted molar refractivity (Wildman–Crippen MR) is 61.9 cm³/mol. The van der Waals surface area contributed by atoms with Gasteiger partial charge in [-0.1, -0.05) is 0 Å². The zero-order chi connectivity index (χ0) is 12.8. The topological polar surface area (TPSA) is 104 Å². The smallest absolute Gasteiger partial charge is 0.296 e. The van der Waals surface area contributed by atoms with Crippen LogP contribution in [0.4, 0.5) is 11.4 Å². The minimum atomic E-state index is -0.659. The minimum absolute atomic E-state index is 0.0777. The van der Waals surface area contributed by atoms with Gasteiger partial charge in [-0.2, -0.15) is 0 Å². The second kappa shape index (κ2) is 5.80. The maximum Gasteiger partial charge on any atom is 0.296 e. The average molecular weight is 239 g/mol. The molecule has 0 heterocycles. The Morgan fingerprint density at radius 3 is 2.82 bits per heavy atom. The monoisotopic (exact) mass is 239 g/mol. The number of phenolic OH excluding ortho intramolecular Hbond substituents is 1. The van der Waals surface area contributed by atoms with Gasteiger partial charge in [-0.05, 0) is 19.2 Å². The molecular weight excluding hydrogens is 226 g/mol. The van der Waals surface area contributed by atoms with Gasteiger partial charge in [0.2, 0.25) is 5.91 Å². The van der Waals surface area contributed by atoms with Crippen LogP contribution in [0.5, 0.6) is 5.75 Å². The molecule has 7 heteroatoms. The molecule has 17 heavy (non-hydrogen) atoms. The SMILES string of the molecule is CNCCC(=O)Nc1ccc(O)cc1[N+](=O)[O-]. The molecule has 1 rings (SSSR count). The van der Waals surface area contributed by atoms with Crippen molar-refractivity contribution in [3.63, 3.8) is 0 Å². The first-order chi connectivity index (χ1) is 8.04. The zero-order valence-electron chi connectivity index (χ0n) is 9.27. The first-order valence-electron chi connectivity index (χ1n) is 4.96. The van der Waals surface area contributed by atoms with Gasteiger partial charge < -0.3 is 15.7 Å². The number of nitrogens with one attached hydrogen (secondary N) is 2. The molecule has 0 radical (unpaired) electrons. The quantitative estimate of drug-likeness (QED) is 0.401. The minimum Gasteiger partial charge on any atom is -0.508 e. The average Bonchev–Trinajstić information content (AvgIpc) is 2.28. The first-order valence-corrected chi connectivity index (χ1v) is 4.96. The van der Waals surface area contributed by atoms with Crippen LogP contribution >= 0.6 is 0 Å². The van der Waals surface area contributed by atoms with Crippen molar-refractivity contribution in [1.82, 2.24) is 5.32 Å². The highest BCUT2D eigenvalue weighted by Gasteiger charge is 2.16. The van der Waals surface area contributed by atoms with E-state index in [0.29, 0.717) is 6.54 Å². The summed E-state index contributed by atoms with van der Waals surface area (Å²) in [5, 5.41) is 25.1. The van der Waals surface area contributed by atoms with Gasteiger partial charge in [0.1, 0.15) is 11.4 Å². The number of phenols is 1. The summed E-state index contributed by atoms with van der Waals surface area (Å²) in [6.45, 7) is 0.484. The van der Waals surface area contributed by atoms with Crippen LogP contribution in [0.3, 0.4) is 0 Å². The molecule has 3 N–H and O–H groups in total. The van der Waals surface area contributed by atoms with Crippen molar-refractivity contribution in [3.05, 3.63) is 28.3 Å². The van der Waals surface area contributed by atoms with E-state index >= 15 is 0 Å². The van der Waals surface area contributed by atoms with Crippen LogP contribution in [0.1, 0.15) is 6.42 Å². The lowest BCUT2D eigenvalue weighted by molar-refractivity contribution is -0.384. The summed E-state index contributed by atoms with van der Waals surface area (Å²) in [4.78, 5) is 21.4. The van der Waals surface area contributed by atoms with Crippen molar-refractivity contribution in [2.24, 2.45) is 0 Å². The van der Waals surface area contributed by atoms with Crippen LogP contribution in [0.2, 0.25) is 0 Å². The number of nitro groups is 1. The summed E-state index contributed by atoms with van der Waals surface area (Å²) in [5.74, 6) is -0.543. The van der Waals surface area contributed by atoms with E-state index in [0.717, 1.165) is 6.07 Å². The van der Waals surface area contributed by atoms with E-state index < -0.39 is 4.92 Å². The van der Waals surface area contributed by atoms with Crippen molar-refractivity contribution < 1.29 is 14.8 Å². The standard InChI is InChI=1S/C10H13N3O4/c1-11-5-4-10(15)12-8-3-2-7(14)6-9(8)13(16)17/h2-3,6,11,14H,4-5H2,1H3,(H,12,15). The third-order valence-electron chi connectivity index (χ3n) is 2.05. The Morgan fingerprint density at radius 1 is 1.53 bits per heavy atom. The number of anilines is 1. The number of hydrogen-bond acceptors (Lipinski definition) is 5. The fourth-order valence-electron chi connectivity index (χ4n) is 1.23. The number of nitrogens with zero attached hydrogens (tertiary/aromatic N) is 1. The first kappa shape index (κ1) is 12.9. The van der Waals surface area contributed by atoms with Crippen LogP contribution < -0.4 is 10.6 Å². The number of hydrogen-bond donors (Lipinski definition) is 3. The van der Waals surface area contributed by atoms with E-state index in [4.69, 9.17) is 5.11 Å². The Bertz CT molecular complexity index is 434. The zero-order valence-corrected chi connectivity index (χ0v) is 9.27. The highest BCUT2D eigenvalue weighted by Crippen LogP contribution is 2.28. The largest absolute Gasteiger partial charge is 0.508 e. The molecule has 0 atom stereocenters. The van der Waals surface area contributed by atoms with Crippen molar-refractivity contribution in [2.75, 3.05) is 18.9 Å². The molecule has 0 spiro atoms. The van der Waals surface area contributed by atoms with Crippen molar-refractivity contribution >= 4 is 17.3 Å². The van der Waals surface area contributed by atoms with Crippen LogP contribution in [-0.4, -0.2) is 29.5 Å². The van der Waals surface area contributed by atoms with Crippen molar-refractivity contribution in [3.8, 4) is 5.75 Å². The van der Waals surface area contributed by atoms with E-state index in [-0.39, 0.29) is 29.5 Å². The lowest BCUT2D eigenvalue weighted by atomic mass is 10.2. The molecule has 0 saturated carbocycles. The van der Waals surface area contributed by atoms with Gasteiger partial charge in [0.25, 0.3) is 5.69 Å². The third-order valence-corrected chi connectivity index (χ3v) is 2.05. The van der Waals surface area contributed by atoms with E-state index in [1.54, 1.807) is 7.05 Å². The molecule has 0 aliphatic rings. The lowest BCUT2D eigenvalue weighted by Crippen LogP contribution is -2.19. The molecule has 0 saturated heterocycles. The van der Waals surface area contributed by atoms with E-state index in [1.807, 2.05) is 0 Å². The summed E-state index contributed by atoms with van der Waals surface area (Å²) < 4.78 is 0. The summed E-state index contributed by atoms with van der Waals surface area (Å²) in [7, 11) is 1.70. The highest BCUT2D eigenvalue weighted by atomic mass is 16.6. The van der Waals surface area contributed by atoms with Gasteiger partial charge >= 0.3 is 0 Å². The maximum absolute atomic E-state index is 11.4. The molecule has 92 valence electrons. The molecule has 0 bridgehead atoms. The molecule has 0 aliphatic carbocycles. The van der Waals surface area contributed by atoms with E-state index in [2.05, 4.69) is 10.6 Å². The molecule has 1 amide bonds. The Balaban J connectivity index is 2.83. The fourth-order valence-corrected chi connectivity index (χ4v) is 1.23. The van der Waals surface area contributed by atoms with Crippen LogP contribution in [-0.2, 0) is 4.79 Å². The van der Waals surface area contributed by atoms with Crippen LogP contribution in [0, 0.1) is 10.1 Å². The molecule has 1 aromatic rings. The maximum atomic E-state index is 11.4. The Kier molecular flexibility index (Phi) is 4.41. The number of benzene rings is 1. The van der Waals surface area contributed by atoms with Gasteiger partial charge in [-0.3, -0.25) is 14.9 Å². The van der Waals surface area contributed by atoms with Crippen molar-refractivity contribution in [1.29, 1.82) is 0 Å². The van der Waals surface area contributed by atoms with Gasteiger partial charge in [0, 0.05) is 13.0 Å². The molecule has 1 aromatic carbocycles. The highest BCUT2D eigenvalue weighted by molar-refractivity contribution is 5.93. The third kappa shape index (κ3) is 3.72. The molecule has 0 fully saturated rings. The molecule has 0 aliphatic heterocycles. The van der Waals surface area contributed by atoms with Gasteiger partial charge in [0.05, 0.1) is 11.0 Å². The molecular formula is C10H13N3O4. The van der Waals surface area contributed by atoms with E-state index in [9.17, 15) is 14.9 Å². The van der Waals surface area contributed by atoms with Gasteiger partial charge in [-0.15, -0.1) is 0 Å². The molecule has 0 unspecified atom stereocenters. The van der Waals surface area contributed by atoms with Crippen molar-refractivity contribution in [2.45, 2.75) is 6.42 Å². The Morgan fingerprint density at radius 2 is 2.24 bits per heavy atom. The molecule has 0 aromatic heterocycles. The number of aromatic hydroxyl groups is 1. The number of carbonyl (C=O) groups excluding carboxylic acids is 1. The number of amides is 1. The van der Waals surface area contributed by atoms with Gasteiger partial charge in [-0.25, -0.2) is 0 Å². The summed E-state index contributed by atoms with van der Waals surface area (Å²) in [6, 6.07) is 3.57. The summed E-state index contributed by atoms with van der Waals surface area (Å²) >= 11 is 0. The Hall–Kier alpha value is -2.15. The van der Waals surface area contributed by atoms with E-state index in [1.165, 1.54) is 12.1 Å². The number of carbonyl (C=O) groups is 1. The normalized spacial score (nSPS) is 9.94. The fraction of sp³-hybridized carbons (Fsp3) is 0.300. The molecule has 7 nitrogen and oxygen atoms in total. The van der Waals surface area contributed by atoms with Crippen LogP contribution in [0.25, 0.3) is 0 Å². The second-order valence-corrected chi connectivity index (χ2v) is 3.36. The Labute approximate surface area is 97.6 Å². The second-order valence-electron chi connectivity index (χ2n) is 3.36.